The molecule has 0 aliphatic carbocycles. The van der Waals surface area contributed by atoms with Crippen LogP contribution in [-0.4, -0.2) is 66.9 Å². The van der Waals surface area contributed by atoms with Gasteiger partial charge in [0.15, 0.2) is 0 Å². The van der Waals surface area contributed by atoms with Gasteiger partial charge in [-0.05, 0) is 30.0 Å². The van der Waals surface area contributed by atoms with Crippen molar-refractivity contribution in [1.29, 1.82) is 0 Å². The molecule has 2 heterocycles. The number of piperazine rings is 1. The van der Waals surface area contributed by atoms with E-state index >= 15 is 0 Å². The van der Waals surface area contributed by atoms with Gasteiger partial charge >= 0.3 is 6.03 Å². The average Bonchev–Trinajstić information content (AvgIpc) is 3.22. The molecule has 148 valence electrons. The number of benzene rings is 1. The van der Waals surface area contributed by atoms with E-state index in [0.717, 1.165) is 6.42 Å². The molecule has 7 nitrogen and oxygen atoms in total. The van der Waals surface area contributed by atoms with Crippen molar-refractivity contribution in [1.82, 2.24) is 20.4 Å². The predicted molar refractivity (Wildman–Crippen MR) is 108 cm³/mol. The third kappa shape index (κ3) is 5.90. The molecule has 1 aliphatic heterocycles. The number of urea groups is 1. The Hall–Kier alpha value is -2.71. The van der Waals surface area contributed by atoms with Crippen molar-refractivity contribution in [2.75, 3.05) is 39.3 Å². The minimum Gasteiger partial charge on any atom is -0.337 e. The van der Waals surface area contributed by atoms with E-state index in [1.807, 2.05) is 40.6 Å². The molecule has 0 spiro atoms. The number of imide groups is 1. The average molecular weight is 401 g/mol. The highest BCUT2D eigenvalue weighted by atomic mass is 32.1. The fraction of sp³-hybridized carbons (Fsp3) is 0.350. The van der Waals surface area contributed by atoms with E-state index in [-0.39, 0.29) is 18.4 Å². The maximum absolute atomic E-state index is 12.4. The zero-order valence-electron chi connectivity index (χ0n) is 15.6. The fourth-order valence-electron chi connectivity index (χ4n) is 3.04. The van der Waals surface area contributed by atoms with Gasteiger partial charge in [0.2, 0.25) is 5.91 Å². The van der Waals surface area contributed by atoms with Gasteiger partial charge in [-0.25, -0.2) is 4.79 Å². The Labute approximate surface area is 168 Å². The summed E-state index contributed by atoms with van der Waals surface area (Å²) in [5.74, 6) is -0.328. The van der Waals surface area contributed by atoms with Crippen LogP contribution in [0.1, 0.15) is 15.2 Å². The molecule has 0 radical (unpaired) electrons. The van der Waals surface area contributed by atoms with Crippen molar-refractivity contribution in [3.8, 4) is 0 Å². The minimum absolute atomic E-state index is 0.00909. The van der Waals surface area contributed by atoms with Gasteiger partial charge in [-0.1, -0.05) is 24.3 Å². The summed E-state index contributed by atoms with van der Waals surface area (Å²) in [7, 11) is 0. The van der Waals surface area contributed by atoms with Gasteiger partial charge in [-0.2, -0.15) is 0 Å². The van der Waals surface area contributed by atoms with Crippen LogP contribution in [0.3, 0.4) is 0 Å². The van der Waals surface area contributed by atoms with Gasteiger partial charge in [-0.15, -0.1) is 11.3 Å². The van der Waals surface area contributed by atoms with Crippen molar-refractivity contribution in [2.24, 2.45) is 0 Å². The van der Waals surface area contributed by atoms with E-state index < -0.39 is 6.03 Å². The molecule has 4 amide bonds. The summed E-state index contributed by atoms with van der Waals surface area (Å²) in [5, 5.41) is 7.05. The second kappa shape index (κ2) is 10.0. The molecular weight excluding hydrogens is 376 g/mol. The summed E-state index contributed by atoms with van der Waals surface area (Å²) in [5.41, 5.74) is 0.674. The molecule has 1 aromatic heterocycles. The first-order valence-corrected chi connectivity index (χ1v) is 10.2. The largest absolute Gasteiger partial charge is 0.337 e. The van der Waals surface area contributed by atoms with Gasteiger partial charge in [0.05, 0.1) is 6.54 Å². The monoisotopic (exact) mass is 400 g/mol. The number of thiophene rings is 1. The number of hydrogen-bond donors (Lipinski definition) is 2. The molecular formula is C20H24N4O3S. The molecule has 0 atom stereocenters. The molecule has 2 N–H and O–H groups in total. The maximum atomic E-state index is 12.4. The molecule has 0 saturated carbocycles. The lowest BCUT2D eigenvalue weighted by Crippen LogP contribution is -2.52. The number of rotatable bonds is 6. The number of carbonyl (C=O) groups excluding carboxylic acids is 3. The van der Waals surface area contributed by atoms with Crippen LogP contribution >= 0.6 is 11.3 Å². The highest BCUT2D eigenvalue weighted by Crippen LogP contribution is 2.09. The van der Waals surface area contributed by atoms with Crippen molar-refractivity contribution in [3.05, 3.63) is 58.3 Å². The lowest BCUT2D eigenvalue weighted by molar-refractivity contribution is -0.121. The van der Waals surface area contributed by atoms with Crippen molar-refractivity contribution < 1.29 is 14.4 Å². The molecule has 2 aromatic rings. The highest BCUT2D eigenvalue weighted by molar-refractivity contribution is 7.09. The smallest absolute Gasteiger partial charge is 0.321 e. The van der Waals surface area contributed by atoms with Crippen LogP contribution < -0.4 is 10.6 Å². The first kappa shape index (κ1) is 20.0. The number of hydrogen-bond acceptors (Lipinski definition) is 5. The second-order valence-electron chi connectivity index (χ2n) is 6.57. The van der Waals surface area contributed by atoms with Gasteiger partial charge < -0.3 is 10.2 Å². The summed E-state index contributed by atoms with van der Waals surface area (Å²) in [6.45, 7) is 2.96. The van der Waals surface area contributed by atoms with Crippen molar-refractivity contribution in [2.45, 2.75) is 6.42 Å². The van der Waals surface area contributed by atoms with Crippen molar-refractivity contribution in [3.63, 3.8) is 0 Å². The van der Waals surface area contributed by atoms with E-state index in [0.29, 0.717) is 38.3 Å². The summed E-state index contributed by atoms with van der Waals surface area (Å²) < 4.78 is 0. The van der Waals surface area contributed by atoms with Crippen LogP contribution in [0.5, 0.6) is 0 Å². The van der Waals surface area contributed by atoms with Crippen LogP contribution in [0.15, 0.2) is 47.8 Å². The number of amides is 4. The molecule has 1 aliphatic rings. The van der Waals surface area contributed by atoms with Crippen LogP contribution in [0, 0.1) is 0 Å². The first-order chi connectivity index (χ1) is 13.6. The summed E-state index contributed by atoms with van der Waals surface area (Å²) >= 11 is 1.64. The Morgan fingerprint density at radius 3 is 2.39 bits per heavy atom. The van der Waals surface area contributed by atoms with E-state index in [2.05, 4.69) is 10.6 Å². The summed E-state index contributed by atoms with van der Waals surface area (Å²) in [4.78, 5) is 41.2. The number of nitrogens with zero attached hydrogens (tertiary/aromatic N) is 2. The molecule has 1 aromatic carbocycles. The Morgan fingerprint density at radius 1 is 0.964 bits per heavy atom. The minimum atomic E-state index is -0.473. The molecule has 0 unspecified atom stereocenters. The topological polar surface area (TPSA) is 81.8 Å². The predicted octanol–water partition coefficient (Wildman–Crippen LogP) is 1.57. The normalized spacial score (nSPS) is 14.5. The first-order valence-electron chi connectivity index (χ1n) is 9.28. The number of nitrogens with one attached hydrogen (secondary N) is 2. The van der Waals surface area contributed by atoms with E-state index in [1.165, 1.54) is 4.88 Å². The lowest BCUT2D eigenvalue weighted by atomic mass is 10.2. The second-order valence-corrected chi connectivity index (χ2v) is 7.60. The van der Waals surface area contributed by atoms with Gasteiger partial charge in [0.1, 0.15) is 0 Å². The van der Waals surface area contributed by atoms with Gasteiger partial charge in [-0.3, -0.25) is 19.8 Å². The zero-order valence-corrected chi connectivity index (χ0v) is 16.4. The number of carbonyl (C=O) groups is 3. The van der Waals surface area contributed by atoms with Gasteiger partial charge in [0, 0.05) is 43.2 Å². The summed E-state index contributed by atoms with van der Waals surface area (Å²) in [6, 6.07) is 12.7. The Morgan fingerprint density at radius 2 is 1.71 bits per heavy atom. The SMILES string of the molecule is O=C(CN1CCN(C(=O)c2ccccc2)CC1)NC(=O)NCCc1cccs1. The van der Waals surface area contributed by atoms with E-state index in [9.17, 15) is 14.4 Å². The van der Waals surface area contributed by atoms with Crippen LogP contribution in [0.4, 0.5) is 4.79 Å². The third-order valence-electron chi connectivity index (χ3n) is 4.54. The van der Waals surface area contributed by atoms with E-state index in [1.54, 1.807) is 28.4 Å². The quantitative estimate of drug-likeness (QED) is 0.771. The lowest BCUT2D eigenvalue weighted by Gasteiger charge is -2.34. The molecule has 28 heavy (non-hydrogen) atoms. The Bertz CT molecular complexity index is 787. The maximum Gasteiger partial charge on any atom is 0.321 e. The molecule has 1 fully saturated rings. The van der Waals surface area contributed by atoms with Crippen molar-refractivity contribution >= 4 is 29.2 Å². The van der Waals surface area contributed by atoms with Gasteiger partial charge in [0.25, 0.3) is 5.91 Å². The Balaban J connectivity index is 1.34. The zero-order chi connectivity index (χ0) is 19.8. The molecule has 3 rings (SSSR count). The summed E-state index contributed by atoms with van der Waals surface area (Å²) in [6.07, 6.45) is 0.747. The molecule has 8 heteroatoms. The fourth-order valence-corrected chi connectivity index (χ4v) is 3.75. The van der Waals surface area contributed by atoms with Crippen LogP contribution in [0.2, 0.25) is 0 Å². The third-order valence-corrected chi connectivity index (χ3v) is 5.47. The molecule has 0 bridgehead atoms. The van der Waals surface area contributed by atoms with Crippen LogP contribution in [0.25, 0.3) is 0 Å². The highest BCUT2D eigenvalue weighted by Gasteiger charge is 2.23. The molecule has 1 saturated heterocycles. The standard InChI is InChI=1S/C20H24N4O3S/c25-18(22-20(27)21-9-8-17-7-4-14-28-17)15-23-10-12-24(13-11-23)19(26)16-5-2-1-3-6-16/h1-7,14H,8-13,15H2,(H2,21,22,25,27). The van der Waals surface area contributed by atoms with Crippen LogP contribution in [-0.2, 0) is 11.2 Å². The Kier molecular flexibility index (Phi) is 7.16. The van der Waals surface area contributed by atoms with E-state index in [4.69, 9.17) is 0 Å².